The lowest BCUT2D eigenvalue weighted by atomic mass is 10.1. The zero-order valence-electron chi connectivity index (χ0n) is 10.8. The van der Waals surface area contributed by atoms with E-state index in [-0.39, 0.29) is 10.0 Å². The molecular formula is C13H12BrClN2O2S. The van der Waals surface area contributed by atoms with Gasteiger partial charge in [0, 0.05) is 6.20 Å². The number of aromatic nitrogens is 1. The zero-order valence-corrected chi connectivity index (χ0v) is 14.0. The summed E-state index contributed by atoms with van der Waals surface area (Å²) in [6.45, 7) is 3.79. The number of pyridine rings is 1. The van der Waals surface area contributed by atoms with E-state index in [4.69, 9.17) is 11.6 Å². The van der Waals surface area contributed by atoms with Gasteiger partial charge in [0.25, 0.3) is 10.0 Å². The molecule has 0 aliphatic rings. The molecule has 0 atom stereocenters. The molecular weight excluding hydrogens is 364 g/mol. The highest BCUT2D eigenvalue weighted by Gasteiger charge is 2.17. The molecule has 0 radical (unpaired) electrons. The molecule has 106 valence electrons. The first kappa shape index (κ1) is 15.3. The first-order valence-electron chi connectivity index (χ1n) is 5.71. The lowest BCUT2D eigenvalue weighted by molar-refractivity contribution is 0.600. The van der Waals surface area contributed by atoms with Gasteiger partial charge in [0.15, 0.2) is 0 Å². The average Bonchev–Trinajstić information content (AvgIpc) is 2.38. The number of hydrogen-bond acceptors (Lipinski definition) is 3. The van der Waals surface area contributed by atoms with Gasteiger partial charge in [-0.15, -0.1) is 0 Å². The average molecular weight is 376 g/mol. The number of hydrogen-bond donors (Lipinski definition) is 1. The number of anilines is 1. The predicted octanol–water partition coefficient (Wildman–Crippen LogP) is 3.92. The molecule has 0 saturated carbocycles. The Hall–Kier alpha value is -1.11. The highest BCUT2D eigenvalue weighted by molar-refractivity contribution is 9.10. The van der Waals surface area contributed by atoms with Crippen molar-refractivity contribution in [1.82, 2.24) is 4.98 Å². The smallest absolute Gasteiger partial charge is 0.263 e. The van der Waals surface area contributed by atoms with Crippen molar-refractivity contribution in [2.24, 2.45) is 0 Å². The van der Waals surface area contributed by atoms with Gasteiger partial charge < -0.3 is 0 Å². The van der Waals surface area contributed by atoms with E-state index in [2.05, 4.69) is 25.6 Å². The summed E-state index contributed by atoms with van der Waals surface area (Å²) in [5, 5.41) is 0.218. The molecule has 1 heterocycles. The first-order valence-corrected chi connectivity index (χ1v) is 8.37. The van der Waals surface area contributed by atoms with Crippen molar-refractivity contribution in [1.29, 1.82) is 0 Å². The number of nitrogens with one attached hydrogen (secondary N) is 1. The van der Waals surface area contributed by atoms with Crippen LogP contribution in [0.5, 0.6) is 0 Å². The number of sulfonamides is 1. The Morgan fingerprint density at radius 1 is 1.30 bits per heavy atom. The van der Waals surface area contributed by atoms with E-state index < -0.39 is 10.0 Å². The van der Waals surface area contributed by atoms with Gasteiger partial charge in [-0.1, -0.05) is 23.7 Å². The Bertz CT molecular complexity index is 763. The van der Waals surface area contributed by atoms with Crippen LogP contribution in [0, 0.1) is 13.8 Å². The molecule has 0 aliphatic heterocycles. The fourth-order valence-electron chi connectivity index (χ4n) is 1.62. The van der Waals surface area contributed by atoms with Crippen LogP contribution in [-0.2, 0) is 10.0 Å². The SMILES string of the molecule is Cc1cccc(NS(=O)(=O)c2cnc(Cl)c(Br)c2)c1C. The molecule has 1 aromatic heterocycles. The monoisotopic (exact) mass is 374 g/mol. The first-order chi connectivity index (χ1) is 9.31. The Labute approximate surface area is 131 Å². The van der Waals surface area contributed by atoms with Gasteiger partial charge in [-0.3, -0.25) is 4.72 Å². The Kier molecular flexibility index (Phi) is 4.36. The summed E-state index contributed by atoms with van der Waals surface area (Å²) in [4.78, 5) is 3.88. The Morgan fingerprint density at radius 2 is 2.00 bits per heavy atom. The van der Waals surface area contributed by atoms with Crippen LogP contribution in [0.4, 0.5) is 5.69 Å². The molecule has 2 rings (SSSR count). The topological polar surface area (TPSA) is 59.1 Å². The van der Waals surface area contributed by atoms with E-state index in [1.165, 1.54) is 12.3 Å². The van der Waals surface area contributed by atoms with Crippen LogP contribution in [0.3, 0.4) is 0 Å². The molecule has 0 bridgehead atoms. The standard InChI is InChI=1S/C13H12BrClN2O2S/c1-8-4-3-5-12(9(8)2)17-20(18,19)10-6-11(14)13(15)16-7-10/h3-7,17H,1-2H3. The van der Waals surface area contributed by atoms with Gasteiger partial charge in [0.05, 0.1) is 10.2 Å². The van der Waals surface area contributed by atoms with Crippen LogP contribution >= 0.6 is 27.5 Å². The van der Waals surface area contributed by atoms with Crippen LogP contribution in [-0.4, -0.2) is 13.4 Å². The second kappa shape index (κ2) is 5.71. The molecule has 7 heteroatoms. The van der Waals surface area contributed by atoms with Gasteiger partial charge in [0.1, 0.15) is 10.0 Å². The van der Waals surface area contributed by atoms with E-state index in [0.29, 0.717) is 10.2 Å². The predicted molar refractivity (Wildman–Crippen MR) is 83.7 cm³/mol. The summed E-state index contributed by atoms with van der Waals surface area (Å²) in [7, 11) is -3.69. The van der Waals surface area contributed by atoms with Crippen molar-refractivity contribution in [3.05, 3.63) is 51.2 Å². The van der Waals surface area contributed by atoms with Crippen LogP contribution in [0.15, 0.2) is 39.8 Å². The summed E-state index contributed by atoms with van der Waals surface area (Å²) in [5.74, 6) is 0. The molecule has 0 unspecified atom stereocenters. The summed E-state index contributed by atoms with van der Waals surface area (Å²) >= 11 is 8.93. The van der Waals surface area contributed by atoms with Gasteiger partial charge in [-0.05, 0) is 53.0 Å². The maximum atomic E-state index is 12.3. The molecule has 4 nitrogen and oxygen atoms in total. The minimum Gasteiger partial charge on any atom is -0.279 e. The highest BCUT2D eigenvalue weighted by Crippen LogP contribution is 2.25. The van der Waals surface area contributed by atoms with Crippen molar-refractivity contribution in [2.45, 2.75) is 18.7 Å². The Morgan fingerprint density at radius 3 is 2.65 bits per heavy atom. The third-order valence-corrected chi connectivity index (χ3v) is 5.40. The highest BCUT2D eigenvalue weighted by atomic mass is 79.9. The summed E-state index contributed by atoms with van der Waals surface area (Å²) in [6, 6.07) is 6.87. The molecule has 0 fully saturated rings. The molecule has 0 amide bonds. The fourth-order valence-corrected chi connectivity index (χ4v) is 3.31. The summed E-state index contributed by atoms with van der Waals surface area (Å²) in [5.41, 5.74) is 2.45. The van der Waals surface area contributed by atoms with Crippen LogP contribution < -0.4 is 4.72 Å². The number of nitrogens with zero attached hydrogens (tertiary/aromatic N) is 1. The fraction of sp³-hybridized carbons (Fsp3) is 0.154. The lowest BCUT2D eigenvalue weighted by Gasteiger charge is -2.12. The molecule has 1 N–H and O–H groups in total. The van der Waals surface area contributed by atoms with Crippen molar-refractivity contribution >= 4 is 43.2 Å². The minimum absolute atomic E-state index is 0.0506. The van der Waals surface area contributed by atoms with Crippen LogP contribution in [0.25, 0.3) is 0 Å². The summed E-state index contributed by atoms with van der Waals surface area (Å²) in [6.07, 6.45) is 1.22. The summed E-state index contributed by atoms with van der Waals surface area (Å²) < 4.78 is 27.6. The van der Waals surface area contributed by atoms with Gasteiger partial charge in [-0.25, -0.2) is 13.4 Å². The third-order valence-electron chi connectivity index (χ3n) is 2.93. The second-order valence-electron chi connectivity index (χ2n) is 4.30. The van der Waals surface area contributed by atoms with E-state index in [0.717, 1.165) is 11.1 Å². The Balaban J connectivity index is 2.41. The molecule has 0 aliphatic carbocycles. The third kappa shape index (κ3) is 3.13. The maximum absolute atomic E-state index is 12.3. The van der Waals surface area contributed by atoms with E-state index in [1.54, 1.807) is 12.1 Å². The lowest BCUT2D eigenvalue weighted by Crippen LogP contribution is -2.14. The van der Waals surface area contributed by atoms with Gasteiger partial charge >= 0.3 is 0 Å². The van der Waals surface area contributed by atoms with Crippen molar-refractivity contribution in [3.63, 3.8) is 0 Å². The number of benzene rings is 1. The second-order valence-corrected chi connectivity index (χ2v) is 7.19. The van der Waals surface area contributed by atoms with Crippen molar-refractivity contribution in [2.75, 3.05) is 4.72 Å². The molecule has 1 aromatic carbocycles. The molecule has 2 aromatic rings. The quantitative estimate of drug-likeness (QED) is 0.827. The number of halogens is 2. The zero-order chi connectivity index (χ0) is 14.9. The van der Waals surface area contributed by atoms with Crippen molar-refractivity contribution in [3.8, 4) is 0 Å². The molecule has 20 heavy (non-hydrogen) atoms. The number of aryl methyl sites for hydroxylation is 1. The van der Waals surface area contributed by atoms with Gasteiger partial charge in [-0.2, -0.15) is 0 Å². The molecule has 0 saturated heterocycles. The van der Waals surface area contributed by atoms with E-state index in [1.807, 2.05) is 19.9 Å². The van der Waals surface area contributed by atoms with Crippen molar-refractivity contribution < 1.29 is 8.42 Å². The van der Waals surface area contributed by atoms with E-state index in [9.17, 15) is 8.42 Å². The minimum atomic E-state index is -3.69. The number of rotatable bonds is 3. The maximum Gasteiger partial charge on any atom is 0.263 e. The molecule has 0 spiro atoms. The van der Waals surface area contributed by atoms with Crippen LogP contribution in [0.2, 0.25) is 5.15 Å². The van der Waals surface area contributed by atoms with E-state index >= 15 is 0 Å². The van der Waals surface area contributed by atoms with Crippen LogP contribution in [0.1, 0.15) is 11.1 Å². The largest absolute Gasteiger partial charge is 0.279 e. The van der Waals surface area contributed by atoms with Gasteiger partial charge in [0.2, 0.25) is 0 Å². The normalized spacial score (nSPS) is 11.4.